The normalized spacial score (nSPS) is 18.6. The number of nitrogens with two attached hydrogens (primary N) is 1. The molecule has 5 heteroatoms. The van der Waals surface area contributed by atoms with Gasteiger partial charge in [-0.1, -0.05) is 18.2 Å². The largest absolute Gasteiger partial charge is 0.586 e. The minimum atomic E-state index is -3.61. The Balaban J connectivity index is 2.46. The van der Waals surface area contributed by atoms with E-state index in [4.69, 9.17) is 5.73 Å². The van der Waals surface area contributed by atoms with Crippen LogP contribution in [0, 0.1) is 0 Å². The number of ether oxygens (including phenoxy) is 2. The standard InChI is InChI=1S/C10H9F2NO2/c1-2-7(13)6-4-3-5-8-9(6)15-10(11,12)14-8/h2-5,7H,1,13H2/t7-/m1/s1. The van der Waals surface area contributed by atoms with Crippen molar-refractivity contribution in [3.05, 3.63) is 36.4 Å². The SMILES string of the molecule is C=C[C@@H](N)c1cccc2c1OC(F)(F)O2. The molecule has 0 bridgehead atoms. The van der Waals surface area contributed by atoms with Crippen molar-refractivity contribution in [2.75, 3.05) is 0 Å². The Bertz CT molecular complexity index is 406. The summed E-state index contributed by atoms with van der Waals surface area (Å²) < 4.78 is 34.2. The maximum Gasteiger partial charge on any atom is 0.586 e. The molecule has 15 heavy (non-hydrogen) atoms. The highest BCUT2D eigenvalue weighted by Gasteiger charge is 2.44. The molecule has 1 aliphatic rings. The Morgan fingerprint density at radius 3 is 2.80 bits per heavy atom. The van der Waals surface area contributed by atoms with E-state index in [1.54, 1.807) is 12.1 Å². The summed E-state index contributed by atoms with van der Waals surface area (Å²) in [7, 11) is 0. The lowest BCUT2D eigenvalue weighted by atomic mass is 10.1. The number of fused-ring (bicyclic) bond motifs is 1. The topological polar surface area (TPSA) is 44.5 Å². The number of benzene rings is 1. The van der Waals surface area contributed by atoms with E-state index in [9.17, 15) is 8.78 Å². The Hall–Kier alpha value is -1.62. The lowest BCUT2D eigenvalue weighted by molar-refractivity contribution is -0.286. The summed E-state index contributed by atoms with van der Waals surface area (Å²) >= 11 is 0. The summed E-state index contributed by atoms with van der Waals surface area (Å²) in [5, 5.41) is 0. The van der Waals surface area contributed by atoms with Gasteiger partial charge in [-0.15, -0.1) is 15.4 Å². The zero-order chi connectivity index (χ0) is 11.1. The first-order chi connectivity index (χ1) is 7.03. The average Bonchev–Trinajstić information content (AvgIpc) is 2.49. The fourth-order valence-electron chi connectivity index (χ4n) is 1.38. The van der Waals surface area contributed by atoms with Crippen LogP contribution in [0.15, 0.2) is 30.9 Å². The maximum absolute atomic E-state index is 12.8. The fraction of sp³-hybridized carbons (Fsp3) is 0.200. The lowest BCUT2D eigenvalue weighted by Crippen LogP contribution is -2.26. The van der Waals surface area contributed by atoms with Crippen LogP contribution in [0.25, 0.3) is 0 Å². The van der Waals surface area contributed by atoms with Crippen molar-refractivity contribution >= 4 is 0 Å². The predicted octanol–water partition coefficient (Wildman–Crippen LogP) is 2.19. The van der Waals surface area contributed by atoms with Crippen molar-refractivity contribution in [2.45, 2.75) is 12.3 Å². The Morgan fingerprint density at radius 2 is 2.13 bits per heavy atom. The summed E-state index contributed by atoms with van der Waals surface area (Å²) in [6, 6.07) is 4.01. The third kappa shape index (κ3) is 1.66. The van der Waals surface area contributed by atoms with Gasteiger partial charge in [-0.3, -0.25) is 0 Å². The quantitative estimate of drug-likeness (QED) is 0.766. The summed E-state index contributed by atoms with van der Waals surface area (Å²) in [6.45, 7) is 3.49. The highest BCUT2D eigenvalue weighted by molar-refractivity contribution is 5.50. The zero-order valence-corrected chi connectivity index (χ0v) is 7.74. The van der Waals surface area contributed by atoms with Crippen LogP contribution >= 0.6 is 0 Å². The van der Waals surface area contributed by atoms with E-state index in [2.05, 4.69) is 16.1 Å². The Morgan fingerprint density at radius 1 is 1.40 bits per heavy atom. The minimum Gasteiger partial charge on any atom is -0.395 e. The monoisotopic (exact) mass is 213 g/mol. The molecule has 0 aliphatic carbocycles. The molecule has 1 aromatic rings. The number of hydrogen-bond donors (Lipinski definition) is 1. The highest BCUT2D eigenvalue weighted by Crippen LogP contribution is 2.44. The van der Waals surface area contributed by atoms with Crippen LogP contribution in [-0.2, 0) is 0 Å². The number of halogens is 2. The van der Waals surface area contributed by atoms with Crippen molar-refractivity contribution < 1.29 is 18.3 Å². The number of alkyl halides is 2. The summed E-state index contributed by atoms with van der Waals surface area (Å²) in [4.78, 5) is 0. The zero-order valence-electron chi connectivity index (χ0n) is 7.74. The first-order valence-corrected chi connectivity index (χ1v) is 4.30. The number of hydrogen-bond acceptors (Lipinski definition) is 3. The molecule has 1 heterocycles. The van der Waals surface area contributed by atoms with E-state index in [-0.39, 0.29) is 11.5 Å². The molecule has 1 aliphatic heterocycles. The molecule has 3 nitrogen and oxygen atoms in total. The second kappa shape index (κ2) is 3.20. The van der Waals surface area contributed by atoms with Gasteiger partial charge in [0, 0.05) is 5.56 Å². The molecule has 0 spiro atoms. The van der Waals surface area contributed by atoms with Crippen molar-refractivity contribution in [1.82, 2.24) is 0 Å². The third-order valence-corrected chi connectivity index (χ3v) is 2.07. The Labute approximate surface area is 85.1 Å². The van der Waals surface area contributed by atoms with Gasteiger partial charge in [0.25, 0.3) is 0 Å². The predicted molar refractivity (Wildman–Crippen MR) is 49.8 cm³/mol. The van der Waals surface area contributed by atoms with Gasteiger partial charge >= 0.3 is 6.29 Å². The molecule has 2 rings (SSSR count). The Kier molecular flexibility index (Phi) is 2.12. The summed E-state index contributed by atoms with van der Waals surface area (Å²) in [5.41, 5.74) is 6.09. The van der Waals surface area contributed by atoms with Crippen LogP contribution in [0.4, 0.5) is 8.78 Å². The van der Waals surface area contributed by atoms with Gasteiger partial charge in [-0.2, -0.15) is 0 Å². The first-order valence-electron chi connectivity index (χ1n) is 4.30. The second-order valence-corrected chi connectivity index (χ2v) is 3.10. The van der Waals surface area contributed by atoms with Crippen LogP contribution in [0.3, 0.4) is 0 Å². The van der Waals surface area contributed by atoms with Gasteiger partial charge in [0.15, 0.2) is 11.5 Å². The molecular formula is C10H9F2NO2. The molecule has 80 valence electrons. The molecule has 0 saturated carbocycles. The van der Waals surface area contributed by atoms with Crippen molar-refractivity contribution in [1.29, 1.82) is 0 Å². The molecule has 0 fully saturated rings. The minimum absolute atomic E-state index is 0.00481. The molecule has 2 N–H and O–H groups in total. The van der Waals surface area contributed by atoms with Crippen molar-refractivity contribution in [3.8, 4) is 11.5 Å². The summed E-state index contributed by atoms with van der Waals surface area (Å²) in [5.74, 6) is -0.0234. The molecule has 0 saturated heterocycles. The van der Waals surface area contributed by atoms with E-state index in [1.807, 2.05) is 0 Å². The molecule has 1 atom stereocenters. The molecular weight excluding hydrogens is 204 g/mol. The van der Waals surface area contributed by atoms with E-state index < -0.39 is 12.3 Å². The molecule has 0 unspecified atom stereocenters. The van der Waals surface area contributed by atoms with E-state index >= 15 is 0 Å². The van der Waals surface area contributed by atoms with Gasteiger partial charge in [0.05, 0.1) is 6.04 Å². The van der Waals surface area contributed by atoms with Crippen LogP contribution < -0.4 is 15.2 Å². The van der Waals surface area contributed by atoms with Gasteiger partial charge in [0.1, 0.15) is 0 Å². The van der Waals surface area contributed by atoms with Gasteiger partial charge in [-0.25, -0.2) is 0 Å². The van der Waals surface area contributed by atoms with Crippen LogP contribution in [-0.4, -0.2) is 6.29 Å². The van der Waals surface area contributed by atoms with E-state index in [0.29, 0.717) is 5.56 Å². The van der Waals surface area contributed by atoms with Gasteiger partial charge < -0.3 is 15.2 Å². The van der Waals surface area contributed by atoms with E-state index in [0.717, 1.165) is 0 Å². The number of rotatable bonds is 2. The second-order valence-electron chi connectivity index (χ2n) is 3.10. The van der Waals surface area contributed by atoms with Crippen LogP contribution in [0.1, 0.15) is 11.6 Å². The summed E-state index contributed by atoms with van der Waals surface area (Å²) in [6.07, 6.45) is -2.17. The maximum atomic E-state index is 12.8. The van der Waals surface area contributed by atoms with Crippen LogP contribution in [0.2, 0.25) is 0 Å². The highest BCUT2D eigenvalue weighted by atomic mass is 19.3. The fourth-order valence-corrected chi connectivity index (χ4v) is 1.38. The van der Waals surface area contributed by atoms with Crippen molar-refractivity contribution in [3.63, 3.8) is 0 Å². The molecule has 0 aromatic heterocycles. The first kappa shape index (κ1) is 9.92. The molecule has 0 amide bonds. The van der Waals surface area contributed by atoms with Crippen molar-refractivity contribution in [2.24, 2.45) is 5.73 Å². The lowest BCUT2D eigenvalue weighted by Gasteiger charge is -2.09. The molecule has 1 aromatic carbocycles. The van der Waals surface area contributed by atoms with E-state index in [1.165, 1.54) is 12.1 Å². The van der Waals surface area contributed by atoms with Gasteiger partial charge in [-0.05, 0) is 6.07 Å². The number of para-hydroxylation sites is 1. The third-order valence-electron chi connectivity index (χ3n) is 2.07. The average molecular weight is 213 g/mol. The smallest absolute Gasteiger partial charge is 0.395 e. The van der Waals surface area contributed by atoms with Gasteiger partial charge in [0.2, 0.25) is 0 Å². The molecule has 0 radical (unpaired) electrons. The van der Waals surface area contributed by atoms with Crippen LogP contribution in [0.5, 0.6) is 11.5 Å².